The van der Waals surface area contributed by atoms with Gasteiger partial charge in [0.1, 0.15) is 17.4 Å². The number of benzene rings is 3. The average Bonchev–Trinajstić information content (AvgIpc) is 3.45. The summed E-state index contributed by atoms with van der Waals surface area (Å²) < 4.78 is 48.3. The molecular formula is C33H32ClF3N2O3S2. The van der Waals surface area contributed by atoms with Gasteiger partial charge in [-0.2, -0.15) is 13.2 Å². The number of nitrogens with zero attached hydrogens (tertiary/aromatic N) is 2. The second-order valence-electron chi connectivity index (χ2n) is 12.3. The molecular weight excluding hydrogens is 629 g/mol. The van der Waals surface area contributed by atoms with Crippen LogP contribution < -0.4 is 4.74 Å². The van der Waals surface area contributed by atoms with Gasteiger partial charge in [0.15, 0.2) is 0 Å². The van der Waals surface area contributed by atoms with Crippen LogP contribution in [-0.2, 0) is 30.5 Å². The van der Waals surface area contributed by atoms with Gasteiger partial charge in [-0.25, -0.2) is 4.98 Å². The standard InChI is InChI=1S/C33H32ClF3N2O3S2/c1-31(2,3)44-29-23-15-22(42-18-28-38-24-14-20(33(35,36)37)8-13-27(24)43-28)11-12-25(23)39(17-19-6-9-21(34)10-7-19)26(29)16-32(4,5)30(40)41/h6-15H,16-18H2,1-5H3,(H,40,41). The molecule has 0 aliphatic carbocycles. The molecule has 0 amide bonds. The van der Waals surface area contributed by atoms with Crippen LogP contribution in [0.2, 0.25) is 5.02 Å². The molecule has 0 bridgehead atoms. The van der Waals surface area contributed by atoms with Gasteiger partial charge in [-0.15, -0.1) is 23.1 Å². The fourth-order valence-corrected chi connectivity index (χ4v) is 7.02. The third-order valence-electron chi connectivity index (χ3n) is 7.06. The fourth-order valence-electron chi connectivity index (χ4n) is 4.85. The lowest BCUT2D eigenvalue weighted by Gasteiger charge is -2.24. The molecule has 2 aromatic heterocycles. The number of alkyl halides is 3. The number of carboxylic acids is 1. The first-order valence-electron chi connectivity index (χ1n) is 13.9. The Morgan fingerprint density at radius 1 is 1.02 bits per heavy atom. The second kappa shape index (κ2) is 11.9. The second-order valence-corrected chi connectivity index (χ2v) is 15.7. The lowest BCUT2D eigenvalue weighted by atomic mass is 9.88. The zero-order valence-electron chi connectivity index (χ0n) is 24.9. The first kappa shape index (κ1) is 32.2. The topological polar surface area (TPSA) is 64.3 Å². The third kappa shape index (κ3) is 7.19. The third-order valence-corrected chi connectivity index (χ3v) is 9.60. The van der Waals surface area contributed by atoms with Gasteiger partial charge in [-0.3, -0.25) is 4.79 Å². The predicted molar refractivity (Wildman–Crippen MR) is 172 cm³/mol. The minimum Gasteiger partial charge on any atom is -0.486 e. The van der Waals surface area contributed by atoms with Crippen molar-refractivity contribution in [2.75, 3.05) is 0 Å². The van der Waals surface area contributed by atoms with Crippen LogP contribution in [0.1, 0.15) is 56.4 Å². The molecule has 2 heterocycles. The van der Waals surface area contributed by atoms with Gasteiger partial charge in [0.25, 0.3) is 0 Å². The predicted octanol–water partition coefficient (Wildman–Crippen LogP) is 10.1. The first-order chi connectivity index (χ1) is 20.5. The van der Waals surface area contributed by atoms with Crippen molar-refractivity contribution in [3.05, 3.63) is 87.5 Å². The van der Waals surface area contributed by atoms with Crippen LogP contribution >= 0.6 is 34.7 Å². The quantitative estimate of drug-likeness (QED) is 0.159. The van der Waals surface area contributed by atoms with E-state index in [0.717, 1.165) is 39.2 Å². The smallest absolute Gasteiger partial charge is 0.416 e. The van der Waals surface area contributed by atoms with Gasteiger partial charge in [-0.05, 0) is 67.9 Å². The molecule has 0 fully saturated rings. The highest BCUT2D eigenvalue weighted by Crippen LogP contribution is 2.44. The minimum absolute atomic E-state index is 0.0956. The fraction of sp³-hybridized carbons (Fsp3) is 0.333. The Hall–Kier alpha value is -3.21. The van der Waals surface area contributed by atoms with E-state index < -0.39 is 23.1 Å². The van der Waals surface area contributed by atoms with Gasteiger partial charge in [0, 0.05) is 44.2 Å². The van der Waals surface area contributed by atoms with E-state index in [1.54, 1.807) is 25.6 Å². The van der Waals surface area contributed by atoms with E-state index in [2.05, 4.69) is 30.3 Å². The average molecular weight is 661 g/mol. The van der Waals surface area contributed by atoms with Gasteiger partial charge >= 0.3 is 12.1 Å². The van der Waals surface area contributed by atoms with Crippen LogP contribution in [-0.4, -0.2) is 25.4 Å². The maximum Gasteiger partial charge on any atom is 0.416 e. The SMILES string of the molecule is CC(C)(C)Sc1c(CC(C)(C)C(=O)O)n(Cc2ccc(Cl)cc2)c2ccc(OCc3nc4cc(C(F)(F)F)ccc4s3)cc12. The number of rotatable bonds is 9. The number of aromatic nitrogens is 2. The van der Waals surface area contributed by atoms with Crippen molar-refractivity contribution in [2.24, 2.45) is 5.41 Å². The molecule has 1 N–H and O–H groups in total. The highest BCUT2D eigenvalue weighted by atomic mass is 35.5. The van der Waals surface area contributed by atoms with Crippen molar-refractivity contribution >= 4 is 61.8 Å². The number of hydrogen-bond donors (Lipinski definition) is 1. The first-order valence-corrected chi connectivity index (χ1v) is 15.9. The number of ether oxygens (including phenoxy) is 1. The van der Waals surface area contributed by atoms with Gasteiger partial charge in [0.2, 0.25) is 0 Å². The van der Waals surface area contributed by atoms with Gasteiger partial charge in [0.05, 0.1) is 21.2 Å². The number of thioether (sulfide) groups is 1. The highest BCUT2D eigenvalue weighted by molar-refractivity contribution is 8.00. The lowest BCUT2D eigenvalue weighted by molar-refractivity contribution is -0.147. The Morgan fingerprint density at radius 2 is 1.73 bits per heavy atom. The van der Waals surface area contributed by atoms with E-state index in [-0.39, 0.29) is 16.9 Å². The molecule has 5 rings (SSSR count). The summed E-state index contributed by atoms with van der Waals surface area (Å²) in [5, 5.41) is 12.2. The Labute approximate surface area is 267 Å². The molecule has 0 saturated carbocycles. The molecule has 5 nitrogen and oxygen atoms in total. The number of carboxylic acid groups (broad SMARTS) is 1. The van der Waals surface area contributed by atoms with Crippen LogP contribution in [0.5, 0.6) is 5.75 Å². The summed E-state index contributed by atoms with van der Waals surface area (Å²) in [5.74, 6) is -0.300. The van der Waals surface area contributed by atoms with Crippen molar-refractivity contribution in [1.29, 1.82) is 0 Å². The zero-order chi connectivity index (χ0) is 32.0. The Kier molecular flexibility index (Phi) is 8.74. The molecule has 5 aromatic rings. The van der Waals surface area contributed by atoms with Crippen molar-refractivity contribution in [2.45, 2.75) is 70.0 Å². The monoisotopic (exact) mass is 660 g/mol. The molecule has 44 heavy (non-hydrogen) atoms. The summed E-state index contributed by atoms with van der Waals surface area (Å²) in [4.78, 5) is 17.6. The maximum absolute atomic E-state index is 13.2. The maximum atomic E-state index is 13.2. The molecule has 232 valence electrons. The number of carbonyl (C=O) groups is 1. The van der Waals surface area contributed by atoms with E-state index in [0.29, 0.717) is 33.4 Å². The van der Waals surface area contributed by atoms with E-state index in [4.69, 9.17) is 16.3 Å². The molecule has 0 saturated heterocycles. The van der Waals surface area contributed by atoms with Gasteiger partial charge < -0.3 is 14.4 Å². The number of halogens is 4. The summed E-state index contributed by atoms with van der Waals surface area (Å²) in [7, 11) is 0. The summed E-state index contributed by atoms with van der Waals surface area (Å²) in [6, 6.07) is 16.9. The highest BCUT2D eigenvalue weighted by Gasteiger charge is 2.33. The summed E-state index contributed by atoms with van der Waals surface area (Å²) in [6.45, 7) is 10.4. The van der Waals surface area contributed by atoms with Crippen LogP contribution in [0.4, 0.5) is 13.2 Å². The van der Waals surface area contributed by atoms with Crippen molar-refractivity contribution in [1.82, 2.24) is 9.55 Å². The van der Waals surface area contributed by atoms with Crippen LogP contribution in [0.3, 0.4) is 0 Å². The molecule has 0 atom stereocenters. The van der Waals surface area contributed by atoms with Crippen LogP contribution in [0.15, 0.2) is 65.6 Å². The molecule has 0 aliphatic heterocycles. The van der Waals surface area contributed by atoms with E-state index in [1.807, 2.05) is 42.5 Å². The van der Waals surface area contributed by atoms with Crippen molar-refractivity contribution in [3.8, 4) is 5.75 Å². The van der Waals surface area contributed by atoms with Crippen molar-refractivity contribution < 1.29 is 27.8 Å². The van der Waals surface area contributed by atoms with Crippen LogP contribution in [0, 0.1) is 5.41 Å². The molecule has 0 radical (unpaired) electrons. The van der Waals surface area contributed by atoms with Gasteiger partial charge in [-0.1, -0.05) is 44.5 Å². The number of aliphatic carboxylic acids is 1. The summed E-state index contributed by atoms with van der Waals surface area (Å²) >= 11 is 9.11. The van der Waals surface area contributed by atoms with E-state index in [9.17, 15) is 23.1 Å². The Morgan fingerprint density at radius 3 is 2.36 bits per heavy atom. The van der Waals surface area contributed by atoms with Crippen LogP contribution in [0.25, 0.3) is 21.1 Å². The molecule has 11 heteroatoms. The zero-order valence-corrected chi connectivity index (χ0v) is 27.3. The van der Waals surface area contributed by atoms with Crippen molar-refractivity contribution in [3.63, 3.8) is 0 Å². The molecule has 3 aromatic carbocycles. The molecule has 0 aliphatic rings. The normalized spacial score (nSPS) is 12.8. The summed E-state index contributed by atoms with van der Waals surface area (Å²) in [6.07, 6.45) is -4.13. The largest absolute Gasteiger partial charge is 0.486 e. The van der Waals surface area contributed by atoms with E-state index in [1.165, 1.54) is 17.4 Å². The number of hydrogen-bond acceptors (Lipinski definition) is 5. The summed E-state index contributed by atoms with van der Waals surface area (Å²) in [5.41, 5.74) is 1.42. The molecule has 0 unspecified atom stereocenters. The Balaban J connectivity index is 1.55. The Bertz CT molecular complexity index is 1840. The number of fused-ring (bicyclic) bond motifs is 2. The lowest BCUT2D eigenvalue weighted by Crippen LogP contribution is -2.28. The van der Waals surface area contributed by atoms with E-state index >= 15 is 0 Å². The molecule has 0 spiro atoms. The number of thiazole rings is 1. The minimum atomic E-state index is -4.44.